The zero-order valence-corrected chi connectivity index (χ0v) is 10.7. The third-order valence-electron chi connectivity index (χ3n) is 2.19. The Labute approximate surface area is 92.9 Å². The summed E-state index contributed by atoms with van der Waals surface area (Å²) >= 11 is 1.84. The Morgan fingerprint density at radius 2 is 1.93 bits per heavy atom. The molecule has 2 nitrogen and oxygen atoms in total. The highest BCUT2D eigenvalue weighted by Crippen LogP contribution is 2.08. The Morgan fingerprint density at radius 3 is 2.36 bits per heavy atom. The summed E-state index contributed by atoms with van der Waals surface area (Å²) in [7, 11) is 0. The first-order chi connectivity index (χ1) is 6.60. The summed E-state index contributed by atoms with van der Waals surface area (Å²) in [6.07, 6.45) is 4.18. The fourth-order valence-electron chi connectivity index (χ4n) is 1.75. The molecule has 0 radical (unpaired) electrons. The molecule has 0 aromatic rings. The summed E-state index contributed by atoms with van der Waals surface area (Å²) < 4.78 is 0. The van der Waals surface area contributed by atoms with Crippen molar-refractivity contribution >= 4 is 11.8 Å². The smallest absolute Gasteiger partial charge is 0.0446 e. The summed E-state index contributed by atoms with van der Waals surface area (Å²) in [4.78, 5) is 0. The average Bonchev–Trinajstić information content (AvgIpc) is 2.03. The molecular formula is C11H25NOS. The molecule has 0 aliphatic heterocycles. The van der Waals surface area contributed by atoms with Gasteiger partial charge in [0.05, 0.1) is 0 Å². The van der Waals surface area contributed by atoms with Crippen LogP contribution in [0.25, 0.3) is 0 Å². The van der Waals surface area contributed by atoms with Crippen molar-refractivity contribution in [3.05, 3.63) is 0 Å². The lowest BCUT2D eigenvalue weighted by molar-refractivity contribution is 0.262. The third kappa shape index (κ3) is 7.65. The quantitative estimate of drug-likeness (QED) is 0.656. The monoisotopic (exact) mass is 219 g/mol. The summed E-state index contributed by atoms with van der Waals surface area (Å²) in [6.45, 7) is 7.00. The average molecular weight is 219 g/mol. The highest BCUT2D eigenvalue weighted by Gasteiger charge is 2.11. The van der Waals surface area contributed by atoms with Crippen LogP contribution in [-0.4, -0.2) is 35.8 Å². The molecule has 0 aromatic heterocycles. The van der Waals surface area contributed by atoms with Gasteiger partial charge in [-0.25, -0.2) is 0 Å². The van der Waals surface area contributed by atoms with Gasteiger partial charge < -0.3 is 10.4 Å². The Kier molecular flexibility index (Phi) is 8.73. The molecule has 0 aromatic carbocycles. The largest absolute Gasteiger partial charge is 0.396 e. The van der Waals surface area contributed by atoms with Crippen LogP contribution in [0.4, 0.5) is 0 Å². The number of rotatable bonds is 8. The van der Waals surface area contributed by atoms with E-state index in [1.807, 2.05) is 11.8 Å². The highest BCUT2D eigenvalue weighted by molar-refractivity contribution is 7.98. The zero-order chi connectivity index (χ0) is 11.0. The molecule has 0 saturated carbocycles. The van der Waals surface area contributed by atoms with Crippen LogP contribution in [0.3, 0.4) is 0 Å². The summed E-state index contributed by atoms with van der Waals surface area (Å²) in [6, 6.07) is 1.02. The lowest BCUT2D eigenvalue weighted by atomic mass is 10.0. The Bertz CT molecular complexity index is 124. The summed E-state index contributed by atoms with van der Waals surface area (Å²) in [5.41, 5.74) is 0. The van der Waals surface area contributed by atoms with Crippen molar-refractivity contribution in [3.8, 4) is 0 Å². The summed E-state index contributed by atoms with van der Waals surface area (Å²) in [5.74, 6) is 1.82. The number of aliphatic hydroxyl groups is 1. The van der Waals surface area contributed by atoms with Crippen molar-refractivity contribution in [2.75, 3.05) is 18.6 Å². The van der Waals surface area contributed by atoms with Gasteiger partial charge in [-0.05, 0) is 31.9 Å². The third-order valence-corrected chi connectivity index (χ3v) is 2.93. The molecule has 2 unspecified atom stereocenters. The molecule has 14 heavy (non-hydrogen) atoms. The van der Waals surface area contributed by atoms with Crippen LogP contribution in [0.2, 0.25) is 0 Å². The minimum Gasteiger partial charge on any atom is -0.396 e. The van der Waals surface area contributed by atoms with Gasteiger partial charge in [-0.3, -0.25) is 0 Å². The van der Waals surface area contributed by atoms with Gasteiger partial charge in [-0.2, -0.15) is 11.8 Å². The molecule has 0 aliphatic rings. The molecule has 3 heteroatoms. The lowest BCUT2D eigenvalue weighted by Gasteiger charge is -2.23. The molecule has 0 rings (SSSR count). The molecule has 86 valence electrons. The Hall–Kier alpha value is 0.270. The van der Waals surface area contributed by atoms with Crippen molar-refractivity contribution in [2.45, 2.75) is 45.7 Å². The van der Waals surface area contributed by atoms with Crippen molar-refractivity contribution in [1.82, 2.24) is 5.32 Å². The van der Waals surface area contributed by atoms with E-state index in [2.05, 4.69) is 32.3 Å². The maximum atomic E-state index is 8.91. The molecule has 0 heterocycles. The van der Waals surface area contributed by atoms with E-state index in [1.165, 1.54) is 6.42 Å². The van der Waals surface area contributed by atoms with Gasteiger partial charge in [0.2, 0.25) is 0 Å². The van der Waals surface area contributed by atoms with Gasteiger partial charge in [0.15, 0.2) is 0 Å². The van der Waals surface area contributed by atoms with Crippen molar-refractivity contribution in [2.24, 2.45) is 5.92 Å². The minimum absolute atomic E-state index is 0.284. The van der Waals surface area contributed by atoms with E-state index in [-0.39, 0.29) is 6.61 Å². The molecule has 2 N–H and O–H groups in total. The number of aliphatic hydroxyl groups excluding tert-OH is 1. The van der Waals surface area contributed by atoms with E-state index < -0.39 is 0 Å². The molecule has 0 amide bonds. The second-order valence-corrected chi connectivity index (χ2v) is 5.27. The minimum atomic E-state index is 0.284. The van der Waals surface area contributed by atoms with Gasteiger partial charge in [0.1, 0.15) is 0 Å². The van der Waals surface area contributed by atoms with Crippen LogP contribution in [0, 0.1) is 5.92 Å². The number of thioether (sulfide) groups is 1. The second kappa shape index (κ2) is 8.57. The van der Waals surface area contributed by atoms with Crippen LogP contribution in [0.5, 0.6) is 0 Å². The van der Waals surface area contributed by atoms with Crippen molar-refractivity contribution in [3.63, 3.8) is 0 Å². The maximum absolute atomic E-state index is 8.91. The lowest BCUT2D eigenvalue weighted by Crippen LogP contribution is -2.39. The van der Waals surface area contributed by atoms with Crippen LogP contribution in [-0.2, 0) is 0 Å². The molecule has 0 bridgehead atoms. The van der Waals surface area contributed by atoms with Gasteiger partial charge in [-0.1, -0.05) is 13.8 Å². The number of hydrogen-bond acceptors (Lipinski definition) is 3. The molecule has 0 spiro atoms. The SMILES string of the molecule is CSCC(CCO)NC(C)CC(C)C. The maximum Gasteiger partial charge on any atom is 0.0446 e. The van der Waals surface area contributed by atoms with E-state index in [4.69, 9.17) is 5.11 Å². The van der Waals surface area contributed by atoms with Crippen LogP contribution >= 0.6 is 11.8 Å². The predicted molar refractivity (Wildman–Crippen MR) is 65.9 cm³/mol. The first-order valence-electron chi connectivity index (χ1n) is 5.46. The van der Waals surface area contributed by atoms with Gasteiger partial charge in [-0.15, -0.1) is 0 Å². The van der Waals surface area contributed by atoms with Crippen LogP contribution in [0.1, 0.15) is 33.6 Å². The van der Waals surface area contributed by atoms with Crippen LogP contribution in [0.15, 0.2) is 0 Å². The number of nitrogens with one attached hydrogen (secondary N) is 1. The van der Waals surface area contributed by atoms with E-state index in [0.29, 0.717) is 12.1 Å². The van der Waals surface area contributed by atoms with E-state index in [9.17, 15) is 0 Å². The standard InChI is InChI=1S/C11H25NOS/c1-9(2)7-10(3)12-11(5-6-13)8-14-4/h9-13H,5-8H2,1-4H3. The van der Waals surface area contributed by atoms with Crippen molar-refractivity contribution in [1.29, 1.82) is 0 Å². The highest BCUT2D eigenvalue weighted by atomic mass is 32.2. The molecule has 2 atom stereocenters. The van der Waals surface area contributed by atoms with Gasteiger partial charge >= 0.3 is 0 Å². The first kappa shape index (κ1) is 14.3. The molecular weight excluding hydrogens is 194 g/mol. The molecule has 0 fully saturated rings. The van der Waals surface area contributed by atoms with Crippen LogP contribution < -0.4 is 5.32 Å². The Balaban J connectivity index is 3.76. The van der Waals surface area contributed by atoms with E-state index in [1.54, 1.807) is 0 Å². The fourth-order valence-corrected chi connectivity index (χ4v) is 2.41. The number of hydrogen-bond donors (Lipinski definition) is 2. The normalized spacial score (nSPS) is 15.9. The van der Waals surface area contributed by atoms with E-state index in [0.717, 1.165) is 18.1 Å². The topological polar surface area (TPSA) is 32.3 Å². The van der Waals surface area contributed by atoms with E-state index >= 15 is 0 Å². The van der Waals surface area contributed by atoms with Crippen molar-refractivity contribution < 1.29 is 5.11 Å². The second-order valence-electron chi connectivity index (χ2n) is 4.36. The van der Waals surface area contributed by atoms with Gasteiger partial charge in [0.25, 0.3) is 0 Å². The first-order valence-corrected chi connectivity index (χ1v) is 6.85. The zero-order valence-electron chi connectivity index (χ0n) is 9.92. The fraction of sp³-hybridized carbons (Fsp3) is 1.00. The Morgan fingerprint density at radius 1 is 1.29 bits per heavy atom. The summed E-state index contributed by atoms with van der Waals surface area (Å²) in [5, 5.41) is 12.5. The molecule has 0 saturated heterocycles. The molecule has 0 aliphatic carbocycles. The predicted octanol–water partition coefficient (Wildman–Crippen LogP) is 2.12. The van der Waals surface area contributed by atoms with Gasteiger partial charge in [0, 0.05) is 24.4 Å².